The molecular formula is C13H21ClN2O3S. The van der Waals surface area contributed by atoms with Crippen molar-refractivity contribution in [2.75, 3.05) is 25.9 Å². The highest BCUT2D eigenvalue weighted by molar-refractivity contribution is 7.90. The van der Waals surface area contributed by atoms with Gasteiger partial charge in [0.1, 0.15) is 0 Å². The van der Waals surface area contributed by atoms with Gasteiger partial charge in [-0.2, -0.15) is 0 Å². The number of halogens is 1. The quantitative estimate of drug-likeness (QED) is 0.771. The van der Waals surface area contributed by atoms with Crippen LogP contribution in [-0.2, 0) is 9.84 Å². The zero-order chi connectivity index (χ0) is 14.5. The van der Waals surface area contributed by atoms with Crippen LogP contribution in [0.4, 0.5) is 0 Å². The van der Waals surface area contributed by atoms with Crippen molar-refractivity contribution in [3.05, 3.63) is 29.3 Å². The first-order chi connectivity index (χ1) is 8.86. The number of benzene rings is 1. The topological polar surface area (TPSA) is 75.3 Å². The molecule has 0 aliphatic heterocycles. The van der Waals surface area contributed by atoms with Gasteiger partial charge in [-0.05, 0) is 31.2 Å². The van der Waals surface area contributed by atoms with Crippen LogP contribution in [0.5, 0.6) is 0 Å². The zero-order valence-electron chi connectivity index (χ0n) is 11.9. The zero-order valence-corrected chi connectivity index (χ0v) is 13.5. The molecule has 0 radical (unpaired) electrons. The SMILES string of the molecule is CCNCCNC(=O)c1ccc(C)c(S(C)(=O)=O)c1.Cl. The van der Waals surface area contributed by atoms with E-state index in [1.807, 2.05) is 6.92 Å². The maximum absolute atomic E-state index is 11.9. The van der Waals surface area contributed by atoms with Crippen LogP contribution in [0.2, 0.25) is 0 Å². The molecule has 0 bridgehead atoms. The maximum atomic E-state index is 11.9. The number of hydrogen-bond acceptors (Lipinski definition) is 4. The second kappa shape index (κ2) is 8.24. The van der Waals surface area contributed by atoms with Gasteiger partial charge in [0.2, 0.25) is 0 Å². The number of carbonyl (C=O) groups excluding carboxylic acids is 1. The molecule has 114 valence electrons. The molecule has 5 nitrogen and oxygen atoms in total. The Morgan fingerprint density at radius 2 is 1.90 bits per heavy atom. The average molecular weight is 321 g/mol. The van der Waals surface area contributed by atoms with Crippen molar-refractivity contribution in [1.82, 2.24) is 10.6 Å². The van der Waals surface area contributed by atoms with Crippen molar-refractivity contribution in [3.63, 3.8) is 0 Å². The summed E-state index contributed by atoms with van der Waals surface area (Å²) in [5.41, 5.74) is 1.01. The Morgan fingerprint density at radius 1 is 1.25 bits per heavy atom. The third-order valence-corrected chi connectivity index (χ3v) is 3.93. The smallest absolute Gasteiger partial charge is 0.251 e. The van der Waals surface area contributed by atoms with Gasteiger partial charge < -0.3 is 10.6 Å². The van der Waals surface area contributed by atoms with Crippen LogP contribution < -0.4 is 10.6 Å². The van der Waals surface area contributed by atoms with Gasteiger partial charge in [-0.3, -0.25) is 4.79 Å². The number of amides is 1. The lowest BCUT2D eigenvalue weighted by Gasteiger charge is -2.08. The number of rotatable bonds is 6. The predicted octanol–water partition coefficient (Wildman–Crippen LogP) is 1.16. The Morgan fingerprint density at radius 3 is 2.45 bits per heavy atom. The van der Waals surface area contributed by atoms with E-state index in [1.165, 1.54) is 6.07 Å². The Hall–Kier alpha value is -1.11. The van der Waals surface area contributed by atoms with Crippen LogP contribution in [0.15, 0.2) is 23.1 Å². The molecule has 0 saturated carbocycles. The number of aryl methyl sites for hydroxylation is 1. The van der Waals surface area contributed by atoms with E-state index in [4.69, 9.17) is 0 Å². The Balaban J connectivity index is 0.00000361. The van der Waals surface area contributed by atoms with Crippen molar-refractivity contribution >= 4 is 28.2 Å². The minimum atomic E-state index is -3.31. The second-order valence-electron chi connectivity index (χ2n) is 4.36. The summed E-state index contributed by atoms with van der Waals surface area (Å²) in [6.45, 7) is 5.74. The fraction of sp³-hybridized carbons (Fsp3) is 0.462. The van der Waals surface area contributed by atoms with E-state index < -0.39 is 9.84 Å². The largest absolute Gasteiger partial charge is 0.351 e. The highest BCUT2D eigenvalue weighted by Crippen LogP contribution is 2.16. The van der Waals surface area contributed by atoms with Crippen LogP contribution in [0, 0.1) is 6.92 Å². The third-order valence-electron chi connectivity index (χ3n) is 2.69. The van der Waals surface area contributed by atoms with Crippen LogP contribution in [0.3, 0.4) is 0 Å². The lowest BCUT2D eigenvalue weighted by atomic mass is 10.1. The van der Waals surface area contributed by atoms with Gasteiger partial charge in [-0.25, -0.2) is 8.42 Å². The van der Waals surface area contributed by atoms with E-state index in [1.54, 1.807) is 19.1 Å². The third kappa shape index (κ3) is 5.48. The summed E-state index contributed by atoms with van der Waals surface area (Å²) in [5, 5.41) is 5.82. The number of carbonyl (C=O) groups is 1. The minimum Gasteiger partial charge on any atom is -0.351 e. The van der Waals surface area contributed by atoms with E-state index in [9.17, 15) is 13.2 Å². The van der Waals surface area contributed by atoms with E-state index in [-0.39, 0.29) is 23.2 Å². The molecule has 7 heteroatoms. The molecule has 1 aromatic carbocycles. The Bertz CT molecular complexity index is 559. The fourth-order valence-corrected chi connectivity index (χ4v) is 2.68. The number of hydrogen-bond donors (Lipinski definition) is 2. The molecule has 0 fully saturated rings. The molecular weight excluding hydrogens is 300 g/mol. The van der Waals surface area contributed by atoms with Gasteiger partial charge in [0.05, 0.1) is 4.90 Å². The Kier molecular flexibility index (Phi) is 7.78. The van der Waals surface area contributed by atoms with E-state index in [2.05, 4.69) is 10.6 Å². The van der Waals surface area contributed by atoms with E-state index >= 15 is 0 Å². The van der Waals surface area contributed by atoms with Gasteiger partial charge in [-0.15, -0.1) is 12.4 Å². The van der Waals surface area contributed by atoms with Crippen molar-refractivity contribution in [2.45, 2.75) is 18.7 Å². The standard InChI is InChI=1S/C13H20N2O3S.ClH/c1-4-14-7-8-15-13(16)11-6-5-10(2)12(9-11)19(3,17)18;/h5-6,9,14H,4,7-8H2,1-3H3,(H,15,16);1H. The predicted molar refractivity (Wildman–Crippen MR) is 82.4 cm³/mol. The monoisotopic (exact) mass is 320 g/mol. The van der Waals surface area contributed by atoms with Gasteiger partial charge in [0, 0.05) is 24.9 Å². The normalized spacial score (nSPS) is 10.8. The summed E-state index contributed by atoms with van der Waals surface area (Å²) < 4.78 is 23.2. The highest BCUT2D eigenvalue weighted by atomic mass is 35.5. The molecule has 0 unspecified atom stereocenters. The molecule has 0 aromatic heterocycles. The van der Waals surface area contributed by atoms with Crippen molar-refractivity contribution in [2.24, 2.45) is 0 Å². The molecule has 0 saturated heterocycles. The summed E-state index contributed by atoms with van der Waals surface area (Å²) in [4.78, 5) is 12.1. The number of sulfone groups is 1. The molecule has 0 heterocycles. The molecule has 0 spiro atoms. The van der Waals surface area contributed by atoms with Gasteiger partial charge in [0.25, 0.3) is 5.91 Å². The fourth-order valence-electron chi connectivity index (χ4n) is 1.68. The first kappa shape index (κ1) is 18.9. The first-order valence-electron chi connectivity index (χ1n) is 6.16. The van der Waals surface area contributed by atoms with Crippen LogP contribution in [-0.4, -0.2) is 40.2 Å². The summed E-state index contributed by atoms with van der Waals surface area (Å²) in [6.07, 6.45) is 1.14. The lowest BCUT2D eigenvalue weighted by molar-refractivity contribution is 0.0953. The summed E-state index contributed by atoms with van der Waals surface area (Å²) >= 11 is 0. The van der Waals surface area contributed by atoms with Gasteiger partial charge in [-0.1, -0.05) is 13.0 Å². The highest BCUT2D eigenvalue weighted by Gasteiger charge is 2.14. The number of likely N-dealkylation sites (N-methyl/N-ethyl adjacent to an activating group) is 1. The molecule has 1 aromatic rings. The van der Waals surface area contributed by atoms with E-state index in [0.29, 0.717) is 24.2 Å². The molecule has 1 rings (SSSR count). The maximum Gasteiger partial charge on any atom is 0.251 e. The first-order valence-corrected chi connectivity index (χ1v) is 8.05. The molecule has 2 N–H and O–H groups in total. The lowest BCUT2D eigenvalue weighted by Crippen LogP contribution is -2.31. The van der Waals surface area contributed by atoms with Gasteiger partial charge >= 0.3 is 0 Å². The Labute approximate surface area is 126 Å². The summed E-state index contributed by atoms with van der Waals surface area (Å²) in [6, 6.07) is 4.70. The second-order valence-corrected chi connectivity index (χ2v) is 6.35. The van der Waals surface area contributed by atoms with E-state index in [0.717, 1.165) is 12.8 Å². The van der Waals surface area contributed by atoms with Gasteiger partial charge in [0.15, 0.2) is 9.84 Å². The minimum absolute atomic E-state index is 0. The summed E-state index contributed by atoms with van der Waals surface area (Å²) in [7, 11) is -3.31. The average Bonchev–Trinajstić information content (AvgIpc) is 2.33. The molecule has 0 atom stereocenters. The van der Waals surface area contributed by atoms with Crippen LogP contribution in [0.25, 0.3) is 0 Å². The van der Waals surface area contributed by atoms with Crippen LogP contribution >= 0.6 is 12.4 Å². The summed E-state index contributed by atoms with van der Waals surface area (Å²) in [5.74, 6) is -0.261. The number of nitrogens with one attached hydrogen (secondary N) is 2. The molecule has 20 heavy (non-hydrogen) atoms. The van der Waals surface area contributed by atoms with Crippen LogP contribution in [0.1, 0.15) is 22.8 Å². The van der Waals surface area contributed by atoms with Crippen molar-refractivity contribution < 1.29 is 13.2 Å². The van der Waals surface area contributed by atoms with Crippen molar-refractivity contribution in [1.29, 1.82) is 0 Å². The molecule has 1 amide bonds. The van der Waals surface area contributed by atoms with Crippen molar-refractivity contribution in [3.8, 4) is 0 Å². The molecule has 0 aliphatic carbocycles. The molecule has 0 aliphatic rings.